The van der Waals surface area contributed by atoms with Crippen LogP contribution >= 0.6 is 0 Å². The molecule has 26 heavy (non-hydrogen) atoms. The van der Waals surface area contributed by atoms with E-state index in [1.807, 2.05) is 30.3 Å². The second kappa shape index (κ2) is 7.09. The molecule has 0 saturated heterocycles. The van der Waals surface area contributed by atoms with Crippen molar-refractivity contribution in [3.05, 3.63) is 107 Å². The van der Waals surface area contributed by atoms with Crippen molar-refractivity contribution in [2.75, 3.05) is 0 Å². The molecule has 1 heterocycles. The van der Waals surface area contributed by atoms with Crippen LogP contribution in [0.1, 0.15) is 5.56 Å². The third-order valence-corrected chi connectivity index (χ3v) is 4.42. The van der Waals surface area contributed by atoms with Gasteiger partial charge in [0.1, 0.15) is 0 Å². The summed E-state index contributed by atoms with van der Waals surface area (Å²) >= 11 is 0. The van der Waals surface area contributed by atoms with E-state index in [0.29, 0.717) is 5.69 Å². The van der Waals surface area contributed by atoms with Crippen LogP contribution < -0.4 is 4.57 Å². The lowest BCUT2D eigenvalue weighted by Crippen LogP contribution is -2.37. The number of rotatable bonds is 4. The Morgan fingerprint density at radius 1 is 0.808 bits per heavy atom. The van der Waals surface area contributed by atoms with Gasteiger partial charge in [0.05, 0.1) is 0 Å². The van der Waals surface area contributed by atoms with Gasteiger partial charge in [-0.1, -0.05) is 59.7 Å². The van der Waals surface area contributed by atoms with Gasteiger partial charge in [-0.2, -0.15) is 4.57 Å². The van der Waals surface area contributed by atoms with Gasteiger partial charge in [0.25, 0.3) is 0 Å². The number of aromatic nitrogens is 1. The van der Waals surface area contributed by atoms with Crippen molar-refractivity contribution in [3.63, 3.8) is 0 Å². The van der Waals surface area contributed by atoms with E-state index in [-0.39, 0.29) is 0 Å². The van der Waals surface area contributed by atoms with E-state index < -0.39 is 0 Å². The predicted octanol–water partition coefficient (Wildman–Crippen LogP) is 5.78. The summed E-state index contributed by atoms with van der Waals surface area (Å²) in [5.74, 6) is 0. The lowest BCUT2D eigenvalue weighted by molar-refractivity contribution is -0.651. The summed E-state index contributed by atoms with van der Waals surface area (Å²) in [7, 11) is 0. The number of hydrogen-bond acceptors (Lipinski definition) is 1. The maximum absolute atomic E-state index is 8.73. The van der Waals surface area contributed by atoms with Crippen LogP contribution in [0.15, 0.2) is 96.1 Å². The number of hydrogen-bond donors (Lipinski definition) is 0. The molecule has 0 aliphatic carbocycles. The highest BCUT2D eigenvalue weighted by molar-refractivity contribution is 5.77. The molecule has 0 radical (unpaired) electrons. The van der Waals surface area contributed by atoms with E-state index in [0.717, 1.165) is 17.8 Å². The molecule has 4 rings (SSSR count). The number of para-hydroxylation sites is 1. The molecule has 0 aliphatic rings. The first-order valence-corrected chi connectivity index (χ1v) is 8.46. The highest BCUT2D eigenvalue weighted by Gasteiger charge is 2.18. The maximum atomic E-state index is 8.73. The van der Waals surface area contributed by atoms with Crippen molar-refractivity contribution in [3.8, 4) is 11.3 Å². The van der Waals surface area contributed by atoms with Crippen LogP contribution in [0.3, 0.4) is 0 Å². The van der Waals surface area contributed by atoms with Crippen LogP contribution in [0.2, 0.25) is 0 Å². The van der Waals surface area contributed by atoms with E-state index in [2.05, 4.69) is 75.3 Å². The summed E-state index contributed by atoms with van der Waals surface area (Å²) in [6.07, 6.45) is 0. The number of fused-ring (bicyclic) bond motifs is 1. The molecule has 3 aromatic carbocycles. The predicted molar refractivity (Wildman–Crippen MR) is 104 cm³/mol. The lowest BCUT2D eigenvalue weighted by atomic mass is 10.1. The van der Waals surface area contributed by atoms with E-state index in [9.17, 15) is 0 Å². The molecule has 0 atom stereocenters. The zero-order chi connectivity index (χ0) is 17.8. The summed E-state index contributed by atoms with van der Waals surface area (Å²) in [6.45, 7) is 0.767. The van der Waals surface area contributed by atoms with Crippen LogP contribution in [0.4, 0.5) is 5.69 Å². The molecule has 0 fully saturated rings. The molecule has 0 unspecified atom stereocenters. The third-order valence-electron chi connectivity index (χ3n) is 4.42. The Labute approximate surface area is 151 Å². The van der Waals surface area contributed by atoms with Crippen LogP contribution in [-0.4, -0.2) is 0 Å². The van der Waals surface area contributed by atoms with Crippen molar-refractivity contribution >= 4 is 16.6 Å². The first kappa shape index (κ1) is 15.9. The van der Waals surface area contributed by atoms with Gasteiger partial charge in [0.2, 0.25) is 11.2 Å². The monoisotopic (exact) mass is 337 g/mol. The maximum Gasteiger partial charge on any atom is 0.213 e. The minimum Gasteiger partial charge on any atom is -0.187 e. The van der Waals surface area contributed by atoms with Gasteiger partial charge >= 0.3 is 0 Å². The summed E-state index contributed by atoms with van der Waals surface area (Å²) in [5, 5.41) is 4.93. The standard InChI is InChI=1S/C22H17N4/c23-25-24-20-11-6-10-19(15-20)22-14-13-18-9-4-5-12-21(18)26(22)16-17-7-2-1-3-8-17/h1-15H,16H2/q+1. The number of nitrogens with zero attached hydrogens (tertiary/aromatic N) is 4. The van der Waals surface area contributed by atoms with Crippen LogP contribution in [-0.2, 0) is 6.54 Å². The molecule has 0 N–H and O–H groups in total. The van der Waals surface area contributed by atoms with Crippen LogP contribution in [0, 0.1) is 0 Å². The Hall–Kier alpha value is -3.62. The van der Waals surface area contributed by atoms with Gasteiger partial charge in [-0.15, -0.1) is 0 Å². The van der Waals surface area contributed by atoms with Crippen LogP contribution in [0.25, 0.3) is 32.6 Å². The first-order valence-electron chi connectivity index (χ1n) is 8.46. The van der Waals surface area contributed by atoms with Crippen molar-refractivity contribution in [1.29, 1.82) is 0 Å². The Bertz CT molecular complexity index is 1110. The normalized spacial score (nSPS) is 10.5. The molecular weight excluding hydrogens is 320 g/mol. The fourth-order valence-electron chi connectivity index (χ4n) is 3.23. The first-order chi connectivity index (χ1) is 12.8. The van der Waals surface area contributed by atoms with Crippen molar-refractivity contribution < 1.29 is 4.57 Å². The summed E-state index contributed by atoms with van der Waals surface area (Å²) in [6, 6.07) is 30.7. The Morgan fingerprint density at radius 2 is 1.62 bits per heavy atom. The van der Waals surface area contributed by atoms with Gasteiger partial charge in [0, 0.05) is 39.2 Å². The molecule has 0 spiro atoms. The fourth-order valence-corrected chi connectivity index (χ4v) is 3.23. The minimum atomic E-state index is 0.615. The minimum absolute atomic E-state index is 0.615. The average Bonchev–Trinajstić information content (AvgIpc) is 2.69. The van der Waals surface area contributed by atoms with Gasteiger partial charge in [-0.05, 0) is 29.8 Å². The van der Waals surface area contributed by atoms with Gasteiger partial charge in [0.15, 0.2) is 6.54 Å². The molecule has 0 aliphatic heterocycles. The molecule has 0 amide bonds. The Morgan fingerprint density at radius 3 is 2.46 bits per heavy atom. The Kier molecular flexibility index (Phi) is 4.33. The van der Waals surface area contributed by atoms with Gasteiger partial charge in [-0.3, -0.25) is 0 Å². The summed E-state index contributed by atoms with van der Waals surface area (Å²) < 4.78 is 2.31. The lowest BCUT2D eigenvalue weighted by Gasteiger charge is -2.08. The SMILES string of the molecule is [N-]=[N+]=Nc1cccc(-c2ccc3ccccc3[n+]2Cc2ccccc2)c1. The molecular formula is C22H17N4+. The second-order valence-corrected chi connectivity index (χ2v) is 6.09. The number of pyridine rings is 1. The molecule has 4 aromatic rings. The summed E-state index contributed by atoms with van der Waals surface area (Å²) in [4.78, 5) is 2.90. The fraction of sp³-hybridized carbons (Fsp3) is 0.0455. The topological polar surface area (TPSA) is 52.6 Å². The molecule has 4 heteroatoms. The molecule has 4 nitrogen and oxygen atoms in total. The van der Waals surface area contributed by atoms with Gasteiger partial charge in [-0.25, -0.2) is 0 Å². The molecule has 124 valence electrons. The smallest absolute Gasteiger partial charge is 0.187 e. The number of benzene rings is 3. The van der Waals surface area contributed by atoms with E-state index in [1.165, 1.54) is 16.5 Å². The van der Waals surface area contributed by atoms with E-state index in [1.54, 1.807) is 0 Å². The third kappa shape index (κ3) is 3.14. The highest BCUT2D eigenvalue weighted by atomic mass is 15.1. The molecule has 1 aromatic heterocycles. The van der Waals surface area contributed by atoms with Crippen molar-refractivity contribution in [2.24, 2.45) is 5.11 Å². The zero-order valence-corrected chi connectivity index (χ0v) is 14.2. The largest absolute Gasteiger partial charge is 0.213 e. The van der Waals surface area contributed by atoms with Gasteiger partial charge < -0.3 is 0 Å². The zero-order valence-electron chi connectivity index (χ0n) is 14.2. The van der Waals surface area contributed by atoms with Crippen molar-refractivity contribution in [2.45, 2.75) is 6.54 Å². The highest BCUT2D eigenvalue weighted by Crippen LogP contribution is 2.24. The average molecular weight is 337 g/mol. The van der Waals surface area contributed by atoms with Crippen LogP contribution in [0.5, 0.6) is 0 Å². The van der Waals surface area contributed by atoms with E-state index >= 15 is 0 Å². The molecule has 0 bridgehead atoms. The molecule has 0 saturated carbocycles. The Balaban J connectivity index is 1.93. The second-order valence-electron chi connectivity index (χ2n) is 6.09. The summed E-state index contributed by atoms with van der Waals surface area (Å²) in [5.41, 5.74) is 13.9. The number of azide groups is 1. The van der Waals surface area contributed by atoms with E-state index in [4.69, 9.17) is 5.53 Å². The van der Waals surface area contributed by atoms with Crippen molar-refractivity contribution in [1.82, 2.24) is 0 Å². The quantitative estimate of drug-likeness (QED) is 0.196.